The molecule has 0 aromatic heterocycles. The zero-order valence-corrected chi connectivity index (χ0v) is 12.7. The van der Waals surface area contributed by atoms with Gasteiger partial charge in [0.2, 0.25) is 0 Å². The van der Waals surface area contributed by atoms with Gasteiger partial charge in [-0.2, -0.15) is 0 Å². The van der Waals surface area contributed by atoms with Crippen LogP contribution in [0.1, 0.15) is 0 Å². The third-order valence-corrected chi connectivity index (χ3v) is 2.80. The second-order valence-corrected chi connectivity index (χ2v) is 5.60. The van der Waals surface area contributed by atoms with Gasteiger partial charge >= 0.3 is 0 Å². The summed E-state index contributed by atoms with van der Waals surface area (Å²) in [5.41, 5.74) is 0. The monoisotopic (exact) mass is 381 g/mol. The molecule has 17 heavy (non-hydrogen) atoms. The van der Waals surface area contributed by atoms with Crippen LogP contribution < -0.4 is 10.1 Å². The Morgan fingerprint density at radius 3 is 2.82 bits per heavy atom. The fourth-order valence-corrected chi connectivity index (χ4v) is 1.85. The van der Waals surface area contributed by atoms with Crippen LogP contribution in [0.15, 0.2) is 33.7 Å². The van der Waals surface area contributed by atoms with Gasteiger partial charge in [-0.3, -0.25) is 4.79 Å². The van der Waals surface area contributed by atoms with E-state index < -0.39 is 0 Å². The highest BCUT2D eigenvalue weighted by molar-refractivity contribution is 9.11. The largest absolute Gasteiger partial charge is 0.482 e. The first-order chi connectivity index (χ1) is 7.99. The van der Waals surface area contributed by atoms with Crippen molar-refractivity contribution in [3.63, 3.8) is 0 Å². The second kappa shape index (κ2) is 7.03. The number of nitrogens with one attached hydrogen (secondary N) is 1. The predicted molar refractivity (Wildman–Crippen MR) is 75.7 cm³/mol. The molecule has 1 amide bonds. The van der Waals surface area contributed by atoms with Crippen LogP contribution in [0.4, 0.5) is 0 Å². The van der Waals surface area contributed by atoms with Gasteiger partial charge in [-0.15, -0.1) is 0 Å². The van der Waals surface area contributed by atoms with Gasteiger partial charge in [-0.1, -0.05) is 50.0 Å². The minimum absolute atomic E-state index is 0.0817. The van der Waals surface area contributed by atoms with Gasteiger partial charge in [0.05, 0.1) is 5.02 Å². The average Bonchev–Trinajstić information content (AvgIpc) is 2.25. The smallest absolute Gasteiger partial charge is 0.258 e. The lowest BCUT2D eigenvalue weighted by atomic mass is 10.3. The summed E-state index contributed by atoms with van der Waals surface area (Å²) in [5.74, 6) is 0.243. The van der Waals surface area contributed by atoms with E-state index in [4.69, 9.17) is 16.3 Å². The summed E-state index contributed by atoms with van der Waals surface area (Å²) in [6.45, 7) is 3.89. The molecule has 0 radical (unpaired) electrons. The molecule has 1 rings (SSSR count). The summed E-state index contributed by atoms with van der Waals surface area (Å²) < 4.78 is 6.83. The fraction of sp³-hybridized carbons (Fsp3) is 0.182. The summed E-state index contributed by atoms with van der Waals surface area (Å²) >= 11 is 12.4. The molecule has 0 saturated heterocycles. The molecule has 0 spiro atoms. The minimum Gasteiger partial charge on any atom is -0.482 e. The van der Waals surface area contributed by atoms with Crippen molar-refractivity contribution < 1.29 is 9.53 Å². The maximum Gasteiger partial charge on any atom is 0.258 e. The highest BCUT2D eigenvalue weighted by Gasteiger charge is 2.06. The highest BCUT2D eigenvalue weighted by Crippen LogP contribution is 2.27. The SMILES string of the molecule is C=C(Br)CNC(=O)COc1ccc(Br)cc1Cl. The zero-order chi connectivity index (χ0) is 12.8. The van der Waals surface area contributed by atoms with E-state index in [1.165, 1.54) is 0 Å². The van der Waals surface area contributed by atoms with Crippen molar-refractivity contribution in [2.24, 2.45) is 0 Å². The Morgan fingerprint density at radius 2 is 2.24 bits per heavy atom. The van der Waals surface area contributed by atoms with E-state index in [1.807, 2.05) is 0 Å². The zero-order valence-electron chi connectivity index (χ0n) is 8.80. The molecule has 0 heterocycles. The van der Waals surface area contributed by atoms with Gasteiger partial charge in [0.25, 0.3) is 5.91 Å². The molecule has 1 aromatic rings. The maximum absolute atomic E-state index is 11.3. The summed E-state index contributed by atoms with van der Waals surface area (Å²) in [6, 6.07) is 5.19. The lowest BCUT2D eigenvalue weighted by Crippen LogP contribution is -2.29. The highest BCUT2D eigenvalue weighted by atomic mass is 79.9. The lowest BCUT2D eigenvalue weighted by Gasteiger charge is -2.08. The Hall–Kier alpha value is -0.520. The van der Waals surface area contributed by atoms with Crippen molar-refractivity contribution in [3.8, 4) is 5.75 Å². The van der Waals surface area contributed by atoms with Gasteiger partial charge in [-0.05, 0) is 18.2 Å². The Bertz CT molecular complexity index is 437. The van der Waals surface area contributed by atoms with Crippen LogP contribution in [0.25, 0.3) is 0 Å². The third kappa shape index (κ3) is 5.57. The van der Waals surface area contributed by atoms with E-state index in [2.05, 4.69) is 43.8 Å². The van der Waals surface area contributed by atoms with Gasteiger partial charge < -0.3 is 10.1 Å². The van der Waals surface area contributed by atoms with Crippen LogP contribution in [0, 0.1) is 0 Å². The molecule has 0 fully saturated rings. The number of carbonyl (C=O) groups is 1. The molecule has 0 aliphatic rings. The van der Waals surface area contributed by atoms with Gasteiger partial charge in [0.1, 0.15) is 5.75 Å². The molecule has 92 valence electrons. The number of benzene rings is 1. The Labute approximate surface area is 121 Å². The van der Waals surface area contributed by atoms with E-state index >= 15 is 0 Å². The Balaban J connectivity index is 2.44. The van der Waals surface area contributed by atoms with E-state index in [1.54, 1.807) is 18.2 Å². The molecule has 0 aliphatic heterocycles. The standard InChI is InChI=1S/C11H10Br2ClNO2/c1-7(12)5-15-11(16)6-17-10-3-2-8(13)4-9(10)14/h2-4H,1,5-6H2,(H,15,16). The molecule has 6 heteroatoms. The van der Waals surface area contributed by atoms with Crippen molar-refractivity contribution in [2.45, 2.75) is 0 Å². The number of hydrogen-bond donors (Lipinski definition) is 1. The van der Waals surface area contributed by atoms with Gasteiger partial charge in [0, 0.05) is 15.5 Å². The maximum atomic E-state index is 11.3. The van der Waals surface area contributed by atoms with Crippen molar-refractivity contribution >= 4 is 49.4 Å². The van der Waals surface area contributed by atoms with Crippen molar-refractivity contribution in [1.29, 1.82) is 0 Å². The second-order valence-electron chi connectivity index (χ2n) is 3.16. The van der Waals surface area contributed by atoms with E-state index in [9.17, 15) is 4.79 Å². The van der Waals surface area contributed by atoms with Gasteiger partial charge in [0.15, 0.2) is 6.61 Å². The molecule has 3 nitrogen and oxygen atoms in total. The predicted octanol–water partition coefficient (Wildman–Crippen LogP) is 3.51. The molecule has 0 atom stereocenters. The van der Waals surface area contributed by atoms with Crippen LogP contribution in [-0.4, -0.2) is 19.1 Å². The quantitative estimate of drug-likeness (QED) is 0.845. The normalized spacial score (nSPS) is 9.82. The van der Waals surface area contributed by atoms with Crippen LogP contribution in [0.5, 0.6) is 5.75 Å². The van der Waals surface area contributed by atoms with E-state index in [-0.39, 0.29) is 12.5 Å². The average molecular weight is 383 g/mol. The molecule has 0 aliphatic carbocycles. The minimum atomic E-state index is -0.232. The van der Waals surface area contributed by atoms with Crippen LogP contribution in [0.3, 0.4) is 0 Å². The Kier molecular flexibility index (Phi) is 6.02. The molecular formula is C11H10Br2ClNO2. The van der Waals surface area contributed by atoms with Gasteiger partial charge in [-0.25, -0.2) is 0 Å². The Morgan fingerprint density at radius 1 is 1.53 bits per heavy atom. The molecular weight excluding hydrogens is 373 g/mol. The number of halogens is 3. The molecule has 0 unspecified atom stereocenters. The summed E-state index contributed by atoms with van der Waals surface area (Å²) in [7, 11) is 0. The summed E-state index contributed by atoms with van der Waals surface area (Å²) in [5, 5.41) is 3.08. The van der Waals surface area contributed by atoms with Crippen molar-refractivity contribution in [1.82, 2.24) is 5.32 Å². The summed E-state index contributed by atoms with van der Waals surface area (Å²) in [6.07, 6.45) is 0. The van der Waals surface area contributed by atoms with Crippen molar-refractivity contribution in [2.75, 3.05) is 13.2 Å². The number of ether oxygens (including phenoxy) is 1. The lowest BCUT2D eigenvalue weighted by molar-refractivity contribution is -0.122. The third-order valence-electron chi connectivity index (χ3n) is 1.73. The van der Waals surface area contributed by atoms with Crippen LogP contribution in [-0.2, 0) is 4.79 Å². The van der Waals surface area contributed by atoms with E-state index in [0.717, 1.165) is 4.47 Å². The number of carbonyl (C=O) groups excluding carboxylic acids is 1. The number of rotatable bonds is 5. The first kappa shape index (κ1) is 14.5. The van der Waals surface area contributed by atoms with Crippen LogP contribution >= 0.6 is 43.5 Å². The first-order valence-corrected chi connectivity index (χ1v) is 6.63. The molecule has 1 N–H and O–H groups in total. The van der Waals surface area contributed by atoms with Crippen molar-refractivity contribution in [3.05, 3.63) is 38.8 Å². The van der Waals surface area contributed by atoms with Crippen LogP contribution in [0.2, 0.25) is 5.02 Å². The summed E-state index contributed by atoms with van der Waals surface area (Å²) in [4.78, 5) is 11.3. The topological polar surface area (TPSA) is 38.3 Å². The number of amides is 1. The number of hydrogen-bond acceptors (Lipinski definition) is 2. The fourth-order valence-electron chi connectivity index (χ4n) is 0.981. The molecule has 1 aromatic carbocycles. The van der Waals surface area contributed by atoms with E-state index in [0.29, 0.717) is 21.8 Å². The first-order valence-electron chi connectivity index (χ1n) is 4.67. The molecule has 0 saturated carbocycles. The molecule has 0 bridgehead atoms.